The van der Waals surface area contributed by atoms with E-state index in [4.69, 9.17) is 4.52 Å². The van der Waals surface area contributed by atoms with Gasteiger partial charge in [-0.15, -0.1) is 0 Å². The van der Waals surface area contributed by atoms with Crippen molar-refractivity contribution in [3.05, 3.63) is 41.3 Å². The van der Waals surface area contributed by atoms with Crippen LogP contribution in [0.25, 0.3) is 11.1 Å². The summed E-state index contributed by atoms with van der Waals surface area (Å²) in [6.07, 6.45) is 2.43. The summed E-state index contributed by atoms with van der Waals surface area (Å²) in [5, 5.41) is 7.17. The molecule has 154 valence electrons. The Labute approximate surface area is 166 Å². The minimum Gasteiger partial charge on any atom is -0.350 e. The molecular weight excluding hydrogens is 381 g/mol. The van der Waals surface area contributed by atoms with Crippen molar-refractivity contribution in [1.82, 2.24) is 10.5 Å². The number of halogens is 3. The van der Waals surface area contributed by atoms with E-state index in [-0.39, 0.29) is 17.2 Å². The maximum Gasteiger partial charge on any atom is 0.416 e. The molecule has 0 spiro atoms. The molecule has 1 aromatic heterocycles. The molecule has 0 saturated heterocycles. The monoisotopic (exact) mass is 404 g/mol. The second kappa shape index (κ2) is 6.34. The smallest absolute Gasteiger partial charge is 0.350 e. The van der Waals surface area contributed by atoms with Crippen molar-refractivity contribution in [3.8, 4) is 11.1 Å². The van der Waals surface area contributed by atoms with Gasteiger partial charge in [-0.05, 0) is 80.9 Å². The van der Waals surface area contributed by atoms with Gasteiger partial charge in [-0.2, -0.15) is 13.2 Å². The van der Waals surface area contributed by atoms with Gasteiger partial charge >= 0.3 is 6.18 Å². The molecule has 1 heterocycles. The van der Waals surface area contributed by atoms with Gasteiger partial charge < -0.3 is 9.84 Å². The summed E-state index contributed by atoms with van der Waals surface area (Å²) in [6.45, 7) is 1.69. The van der Waals surface area contributed by atoms with Crippen molar-refractivity contribution in [3.63, 3.8) is 0 Å². The number of aryl methyl sites for hydroxylation is 1. The average Bonchev–Trinajstić information content (AvgIpc) is 3.01. The zero-order valence-electron chi connectivity index (χ0n) is 16.2. The first-order valence-electron chi connectivity index (χ1n) is 10.2. The lowest BCUT2D eigenvalue weighted by Crippen LogP contribution is -2.59. The first-order valence-corrected chi connectivity index (χ1v) is 10.2. The van der Waals surface area contributed by atoms with Crippen LogP contribution in [0.3, 0.4) is 0 Å². The van der Waals surface area contributed by atoms with Crippen LogP contribution >= 0.6 is 0 Å². The highest BCUT2D eigenvalue weighted by Gasteiger charge is 2.52. The first-order chi connectivity index (χ1) is 13.7. The second-order valence-electron chi connectivity index (χ2n) is 9.20. The third-order valence-electron chi connectivity index (χ3n) is 6.99. The van der Waals surface area contributed by atoms with E-state index in [1.807, 2.05) is 0 Å². The normalized spacial score (nSPS) is 30.6. The molecule has 0 unspecified atom stereocenters. The van der Waals surface area contributed by atoms with Crippen LogP contribution in [0.4, 0.5) is 13.2 Å². The number of nitrogens with one attached hydrogen (secondary N) is 1. The zero-order valence-corrected chi connectivity index (χ0v) is 16.2. The molecule has 4 aliphatic carbocycles. The molecule has 29 heavy (non-hydrogen) atoms. The lowest BCUT2D eigenvalue weighted by molar-refractivity contribution is -0.137. The number of amides is 1. The molecule has 0 radical (unpaired) electrons. The Morgan fingerprint density at radius 2 is 1.62 bits per heavy atom. The molecule has 7 heteroatoms. The number of benzene rings is 1. The number of hydrogen-bond acceptors (Lipinski definition) is 3. The lowest BCUT2D eigenvalue weighted by Gasteiger charge is -2.56. The third kappa shape index (κ3) is 3.24. The highest BCUT2D eigenvalue weighted by atomic mass is 19.4. The SMILES string of the molecule is Cc1noc(C(=O)NC23CC4CC(CC(C4)C2)C3)c1-c1ccc(C(F)(F)F)cc1. The topological polar surface area (TPSA) is 55.1 Å². The molecule has 4 saturated carbocycles. The van der Waals surface area contributed by atoms with Gasteiger partial charge in [0.15, 0.2) is 0 Å². The van der Waals surface area contributed by atoms with Crippen molar-refractivity contribution in [2.45, 2.75) is 57.2 Å². The number of nitrogens with zero attached hydrogens (tertiary/aromatic N) is 1. The highest BCUT2D eigenvalue weighted by molar-refractivity contribution is 5.99. The molecule has 0 aliphatic heterocycles. The number of hydrogen-bond donors (Lipinski definition) is 1. The third-order valence-corrected chi connectivity index (χ3v) is 6.99. The van der Waals surface area contributed by atoms with Gasteiger partial charge in [0.25, 0.3) is 5.91 Å². The van der Waals surface area contributed by atoms with E-state index in [0.29, 0.717) is 34.6 Å². The van der Waals surface area contributed by atoms with Crippen molar-refractivity contribution < 1.29 is 22.5 Å². The first kappa shape index (κ1) is 18.7. The largest absolute Gasteiger partial charge is 0.416 e. The maximum atomic E-state index is 13.1. The van der Waals surface area contributed by atoms with Crippen LogP contribution in [-0.2, 0) is 6.18 Å². The minimum absolute atomic E-state index is 0.0815. The molecule has 4 bridgehead atoms. The van der Waals surface area contributed by atoms with Gasteiger partial charge in [0, 0.05) is 5.54 Å². The van der Waals surface area contributed by atoms with E-state index in [2.05, 4.69) is 10.5 Å². The van der Waals surface area contributed by atoms with Crippen LogP contribution in [0.5, 0.6) is 0 Å². The Bertz CT molecular complexity index is 911. The molecule has 1 aromatic carbocycles. The fourth-order valence-corrected chi connectivity index (χ4v) is 6.25. The van der Waals surface area contributed by atoms with Crippen molar-refractivity contribution in [1.29, 1.82) is 0 Å². The van der Waals surface area contributed by atoms with E-state index in [1.165, 1.54) is 31.4 Å². The van der Waals surface area contributed by atoms with Gasteiger partial charge in [0.1, 0.15) is 0 Å². The Hall–Kier alpha value is -2.31. The van der Waals surface area contributed by atoms with Crippen molar-refractivity contribution >= 4 is 5.91 Å². The van der Waals surface area contributed by atoms with Gasteiger partial charge in [0.05, 0.1) is 16.8 Å². The number of carbonyl (C=O) groups is 1. The Morgan fingerprint density at radius 3 is 2.14 bits per heavy atom. The van der Waals surface area contributed by atoms with Crippen LogP contribution in [0.2, 0.25) is 0 Å². The van der Waals surface area contributed by atoms with Crippen LogP contribution in [0, 0.1) is 24.7 Å². The molecule has 4 aliphatic rings. The maximum absolute atomic E-state index is 13.1. The summed E-state index contributed by atoms with van der Waals surface area (Å²) in [5.41, 5.74) is 0.535. The van der Waals surface area contributed by atoms with E-state index in [9.17, 15) is 18.0 Å². The minimum atomic E-state index is -4.40. The fourth-order valence-electron chi connectivity index (χ4n) is 6.25. The van der Waals surface area contributed by atoms with E-state index < -0.39 is 11.7 Å². The highest BCUT2D eigenvalue weighted by Crippen LogP contribution is 2.55. The van der Waals surface area contributed by atoms with Crippen molar-refractivity contribution in [2.75, 3.05) is 0 Å². The fraction of sp³-hybridized carbons (Fsp3) is 0.545. The van der Waals surface area contributed by atoms with Gasteiger partial charge in [-0.1, -0.05) is 17.3 Å². The molecule has 2 aromatic rings. The summed E-state index contributed by atoms with van der Waals surface area (Å²) in [6, 6.07) is 4.76. The number of alkyl halides is 3. The molecule has 4 fully saturated rings. The van der Waals surface area contributed by atoms with Gasteiger partial charge in [0.2, 0.25) is 5.76 Å². The summed E-state index contributed by atoms with van der Waals surface area (Å²) in [5.74, 6) is 1.83. The predicted octanol–water partition coefficient (Wildman–Crippen LogP) is 5.37. The second-order valence-corrected chi connectivity index (χ2v) is 9.20. The summed E-state index contributed by atoms with van der Waals surface area (Å²) in [4.78, 5) is 13.1. The lowest BCUT2D eigenvalue weighted by atomic mass is 9.53. The van der Waals surface area contributed by atoms with Crippen molar-refractivity contribution in [2.24, 2.45) is 17.8 Å². The molecule has 1 amide bonds. The van der Waals surface area contributed by atoms with Crippen LogP contribution < -0.4 is 5.32 Å². The quantitative estimate of drug-likeness (QED) is 0.749. The summed E-state index contributed by atoms with van der Waals surface area (Å²) >= 11 is 0. The summed E-state index contributed by atoms with van der Waals surface area (Å²) < 4.78 is 43.9. The van der Waals surface area contributed by atoms with Crippen LogP contribution in [0.1, 0.15) is 60.3 Å². The van der Waals surface area contributed by atoms with E-state index in [1.54, 1.807) is 6.92 Å². The molecule has 6 rings (SSSR count). The Kier molecular flexibility index (Phi) is 4.09. The van der Waals surface area contributed by atoms with Gasteiger partial charge in [-0.25, -0.2) is 0 Å². The summed E-state index contributed by atoms with van der Waals surface area (Å²) in [7, 11) is 0. The Morgan fingerprint density at radius 1 is 1.07 bits per heavy atom. The molecular formula is C22H23F3N2O2. The molecule has 0 atom stereocenters. The number of aromatic nitrogens is 1. The van der Waals surface area contributed by atoms with E-state index in [0.717, 1.165) is 31.4 Å². The average molecular weight is 404 g/mol. The van der Waals surface area contributed by atoms with Crippen LogP contribution in [0.15, 0.2) is 28.8 Å². The zero-order chi connectivity index (χ0) is 20.4. The van der Waals surface area contributed by atoms with E-state index >= 15 is 0 Å². The van der Waals surface area contributed by atoms with Crippen LogP contribution in [-0.4, -0.2) is 16.6 Å². The Balaban J connectivity index is 1.42. The number of rotatable bonds is 3. The predicted molar refractivity (Wildman–Crippen MR) is 100 cm³/mol. The molecule has 1 N–H and O–H groups in total. The van der Waals surface area contributed by atoms with Gasteiger partial charge in [-0.3, -0.25) is 4.79 Å². The molecule has 4 nitrogen and oxygen atoms in total. The number of carbonyl (C=O) groups excluding carboxylic acids is 1. The standard InChI is InChI=1S/C22H23F3N2O2/c1-12-18(16-2-4-17(5-3-16)22(23,24)25)19(29-27-12)20(28)26-21-9-13-6-14(10-21)8-15(7-13)11-21/h2-5,13-15H,6-11H2,1H3,(H,26,28).